The summed E-state index contributed by atoms with van der Waals surface area (Å²) in [5.41, 5.74) is 0. The zero-order valence-corrected chi connectivity index (χ0v) is 9.24. The zero-order chi connectivity index (χ0) is 9.97. The molecule has 0 aromatic heterocycles. The SMILES string of the molecule is C[C@H]1CCOC(C2CN(C)CCO2)C1. The molecule has 3 atom stereocenters. The van der Waals surface area contributed by atoms with Crippen molar-refractivity contribution < 1.29 is 9.47 Å². The van der Waals surface area contributed by atoms with E-state index in [1.54, 1.807) is 0 Å². The third kappa shape index (κ3) is 2.47. The van der Waals surface area contributed by atoms with Crippen molar-refractivity contribution in [3.05, 3.63) is 0 Å². The summed E-state index contributed by atoms with van der Waals surface area (Å²) in [5, 5.41) is 0. The summed E-state index contributed by atoms with van der Waals surface area (Å²) >= 11 is 0. The molecule has 3 heteroatoms. The molecule has 2 rings (SSSR count). The van der Waals surface area contributed by atoms with Gasteiger partial charge in [-0.15, -0.1) is 0 Å². The Hall–Kier alpha value is -0.120. The van der Waals surface area contributed by atoms with Gasteiger partial charge in [0, 0.05) is 19.7 Å². The van der Waals surface area contributed by atoms with Crippen LogP contribution in [0, 0.1) is 5.92 Å². The zero-order valence-electron chi connectivity index (χ0n) is 9.24. The molecule has 0 amide bonds. The monoisotopic (exact) mass is 199 g/mol. The number of ether oxygens (including phenoxy) is 2. The largest absolute Gasteiger partial charge is 0.375 e. The van der Waals surface area contributed by atoms with E-state index in [0.29, 0.717) is 12.2 Å². The molecule has 2 fully saturated rings. The van der Waals surface area contributed by atoms with Crippen LogP contribution in [-0.4, -0.2) is 50.5 Å². The van der Waals surface area contributed by atoms with E-state index in [1.165, 1.54) is 12.8 Å². The van der Waals surface area contributed by atoms with Crippen LogP contribution >= 0.6 is 0 Å². The summed E-state index contributed by atoms with van der Waals surface area (Å²) in [5.74, 6) is 0.796. The molecule has 3 nitrogen and oxygen atoms in total. The molecule has 2 unspecified atom stereocenters. The Balaban J connectivity index is 1.86. The maximum absolute atomic E-state index is 5.78. The number of nitrogens with zero attached hydrogens (tertiary/aromatic N) is 1. The van der Waals surface area contributed by atoms with E-state index in [2.05, 4.69) is 18.9 Å². The highest BCUT2D eigenvalue weighted by atomic mass is 16.5. The van der Waals surface area contributed by atoms with Crippen LogP contribution in [0.3, 0.4) is 0 Å². The van der Waals surface area contributed by atoms with Gasteiger partial charge in [-0.05, 0) is 25.8 Å². The van der Waals surface area contributed by atoms with E-state index in [4.69, 9.17) is 9.47 Å². The van der Waals surface area contributed by atoms with Gasteiger partial charge in [0.2, 0.25) is 0 Å². The quantitative estimate of drug-likeness (QED) is 0.632. The highest BCUT2D eigenvalue weighted by Crippen LogP contribution is 2.24. The van der Waals surface area contributed by atoms with Gasteiger partial charge >= 0.3 is 0 Å². The molecule has 0 radical (unpaired) electrons. The fourth-order valence-electron chi connectivity index (χ4n) is 2.30. The molecule has 0 aliphatic carbocycles. The third-order valence-electron chi connectivity index (χ3n) is 3.29. The Kier molecular flexibility index (Phi) is 3.42. The minimum atomic E-state index is 0.302. The van der Waals surface area contributed by atoms with Crippen molar-refractivity contribution in [3.8, 4) is 0 Å². The minimum absolute atomic E-state index is 0.302. The number of likely N-dealkylation sites (N-methyl/N-ethyl adjacent to an activating group) is 1. The van der Waals surface area contributed by atoms with Crippen molar-refractivity contribution in [3.63, 3.8) is 0 Å². The normalized spacial score (nSPS) is 41.1. The second-order valence-corrected chi connectivity index (χ2v) is 4.71. The predicted molar refractivity (Wildman–Crippen MR) is 55.4 cm³/mol. The van der Waals surface area contributed by atoms with Gasteiger partial charge in [-0.25, -0.2) is 0 Å². The van der Waals surface area contributed by atoms with Crippen molar-refractivity contribution in [2.45, 2.75) is 32.0 Å². The fraction of sp³-hybridized carbons (Fsp3) is 1.00. The van der Waals surface area contributed by atoms with E-state index in [9.17, 15) is 0 Å². The van der Waals surface area contributed by atoms with Crippen LogP contribution in [0.15, 0.2) is 0 Å². The van der Waals surface area contributed by atoms with Crippen LogP contribution < -0.4 is 0 Å². The lowest BCUT2D eigenvalue weighted by Crippen LogP contribution is -2.48. The molecule has 0 aromatic rings. The molecule has 82 valence electrons. The van der Waals surface area contributed by atoms with Gasteiger partial charge in [-0.2, -0.15) is 0 Å². The lowest BCUT2D eigenvalue weighted by atomic mass is 9.94. The first kappa shape index (κ1) is 10.4. The van der Waals surface area contributed by atoms with Crippen LogP contribution in [0.2, 0.25) is 0 Å². The van der Waals surface area contributed by atoms with E-state index in [0.717, 1.165) is 32.2 Å². The van der Waals surface area contributed by atoms with Crippen LogP contribution in [0.25, 0.3) is 0 Å². The minimum Gasteiger partial charge on any atom is -0.375 e. The van der Waals surface area contributed by atoms with Gasteiger partial charge in [-0.1, -0.05) is 6.92 Å². The average molecular weight is 199 g/mol. The van der Waals surface area contributed by atoms with E-state index in [1.807, 2.05) is 0 Å². The van der Waals surface area contributed by atoms with Crippen molar-refractivity contribution in [2.75, 3.05) is 33.4 Å². The number of rotatable bonds is 1. The first-order valence-corrected chi connectivity index (χ1v) is 5.67. The highest BCUT2D eigenvalue weighted by Gasteiger charge is 2.30. The number of hydrogen-bond acceptors (Lipinski definition) is 3. The fourth-order valence-corrected chi connectivity index (χ4v) is 2.30. The summed E-state index contributed by atoms with van der Waals surface area (Å²) in [4.78, 5) is 2.33. The maximum atomic E-state index is 5.78. The van der Waals surface area contributed by atoms with Crippen LogP contribution in [-0.2, 0) is 9.47 Å². The molecule has 2 saturated heterocycles. The molecule has 0 bridgehead atoms. The summed E-state index contributed by atoms with van der Waals surface area (Å²) in [7, 11) is 2.15. The molecule has 14 heavy (non-hydrogen) atoms. The standard InChI is InChI=1S/C11H21NO2/c1-9-3-5-13-10(7-9)11-8-12(2)4-6-14-11/h9-11H,3-8H2,1-2H3/t9-,10?,11?/m0/s1. The van der Waals surface area contributed by atoms with Crippen molar-refractivity contribution in [1.82, 2.24) is 4.90 Å². The van der Waals surface area contributed by atoms with Crippen LogP contribution in [0.4, 0.5) is 0 Å². The van der Waals surface area contributed by atoms with Crippen LogP contribution in [0.5, 0.6) is 0 Å². The second kappa shape index (κ2) is 4.60. The molecule has 2 heterocycles. The third-order valence-corrected chi connectivity index (χ3v) is 3.29. The first-order chi connectivity index (χ1) is 6.75. The van der Waals surface area contributed by atoms with Gasteiger partial charge in [0.05, 0.1) is 18.8 Å². The van der Waals surface area contributed by atoms with E-state index in [-0.39, 0.29) is 0 Å². The molecular formula is C11H21NO2. The Morgan fingerprint density at radius 3 is 2.64 bits per heavy atom. The highest BCUT2D eigenvalue weighted by molar-refractivity contribution is 4.81. The topological polar surface area (TPSA) is 21.7 Å². The lowest BCUT2D eigenvalue weighted by Gasteiger charge is -2.38. The summed E-state index contributed by atoms with van der Waals surface area (Å²) in [6.45, 7) is 6.16. The number of hydrogen-bond donors (Lipinski definition) is 0. The second-order valence-electron chi connectivity index (χ2n) is 4.71. The lowest BCUT2D eigenvalue weighted by molar-refractivity contribution is -0.128. The number of morpholine rings is 1. The summed E-state index contributed by atoms with van der Waals surface area (Å²) < 4.78 is 11.6. The molecule has 2 aliphatic heterocycles. The Labute approximate surface area is 86.4 Å². The smallest absolute Gasteiger partial charge is 0.0963 e. The molecule has 2 aliphatic rings. The van der Waals surface area contributed by atoms with E-state index < -0.39 is 0 Å². The molecule has 0 N–H and O–H groups in total. The van der Waals surface area contributed by atoms with Crippen LogP contribution in [0.1, 0.15) is 19.8 Å². The molecule has 0 aromatic carbocycles. The maximum Gasteiger partial charge on any atom is 0.0963 e. The molecule has 0 spiro atoms. The summed E-state index contributed by atoms with van der Waals surface area (Å²) in [6, 6.07) is 0. The van der Waals surface area contributed by atoms with Gasteiger partial charge < -0.3 is 14.4 Å². The van der Waals surface area contributed by atoms with E-state index >= 15 is 0 Å². The molecule has 0 saturated carbocycles. The van der Waals surface area contributed by atoms with Gasteiger partial charge in [0.1, 0.15) is 0 Å². The van der Waals surface area contributed by atoms with Gasteiger partial charge in [0.15, 0.2) is 0 Å². The Morgan fingerprint density at radius 2 is 1.93 bits per heavy atom. The van der Waals surface area contributed by atoms with Crippen molar-refractivity contribution in [1.29, 1.82) is 0 Å². The van der Waals surface area contributed by atoms with Gasteiger partial charge in [-0.3, -0.25) is 0 Å². The predicted octanol–water partition coefficient (Wildman–Crippen LogP) is 1.13. The van der Waals surface area contributed by atoms with Gasteiger partial charge in [0.25, 0.3) is 0 Å². The first-order valence-electron chi connectivity index (χ1n) is 5.67. The van der Waals surface area contributed by atoms with Crippen molar-refractivity contribution in [2.24, 2.45) is 5.92 Å². The van der Waals surface area contributed by atoms with Crippen molar-refractivity contribution >= 4 is 0 Å². The Bertz CT molecular complexity index is 166. The molecular weight excluding hydrogens is 178 g/mol. The Morgan fingerprint density at radius 1 is 1.14 bits per heavy atom. The average Bonchev–Trinajstić information content (AvgIpc) is 2.18. The summed E-state index contributed by atoms with van der Waals surface area (Å²) in [6.07, 6.45) is 3.01.